The summed E-state index contributed by atoms with van der Waals surface area (Å²) < 4.78 is 0. The Morgan fingerprint density at radius 1 is 0.923 bits per heavy atom. The summed E-state index contributed by atoms with van der Waals surface area (Å²) in [6.07, 6.45) is 7.38. The average Bonchev–Trinajstić information content (AvgIpc) is 2.09. The van der Waals surface area contributed by atoms with Gasteiger partial charge in [0.25, 0.3) is 0 Å². The molecule has 0 saturated heterocycles. The van der Waals surface area contributed by atoms with E-state index in [4.69, 9.17) is 5.11 Å². The van der Waals surface area contributed by atoms with E-state index in [2.05, 4.69) is 19.2 Å². The summed E-state index contributed by atoms with van der Waals surface area (Å²) in [5, 5.41) is 12.0. The lowest BCUT2D eigenvalue weighted by atomic mass is 10.1. The van der Waals surface area contributed by atoms with Crippen LogP contribution in [0, 0.1) is 0 Å². The van der Waals surface area contributed by atoms with Gasteiger partial charge in [0.05, 0.1) is 0 Å². The van der Waals surface area contributed by atoms with Crippen LogP contribution in [0.5, 0.6) is 0 Å². The highest BCUT2D eigenvalue weighted by atomic mass is 16.2. The van der Waals surface area contributed by atoms with Crippen molar-refractivity contribution >= 4 is 0 Å². The van der Waals surface area contributed by atoms with E-state index in [1.54, 1.807) is 0 Å². The third kappa shape index (κ3) is 11.9. The Hall–Kier alpha value is -0.0800. The minimum absolute atomic E-state index is 0.356. The molecule has 0 aromatic rings. The van der Waals surface area contributed by atoms with E-state index in [9.17, 15) is 0 Å². The van der Waals surface area contributed by atoms with E-state index in [1.165, 1.54) is 32.1 Å². The number of hydrogen-bond donors (Lipinski definition) is 2. The minimum atomic E-state index is 0.356. The first-order valence-electron chi connectivity index (χ1n) is 5.61. The highest BCUT2D eigenvalue weighted by molar-refractivity contribution is 4.53. The van der Waals surface area contributed by atoms with E-state index < -0.39 is 0 Å². The van der Waals surface area contributed by atoms with E-state index in [0.29, 0.717) is 12.6 Å². The molecule has 0 aliphatic heterocycles. The van der Waals surface area contributed by atoms with Gasteiger partial charge in [0.2, 0.25) is 0 Å². The second-order valence-corrected chi connectivity index (χ2v) is 3.95. The predicted octanol–water partition coefficient (Wildman–Crippen LogP) is 2.32. The van der Waals surface area contributed by atoms with Gasteiger partial charge in [-0.3, -0.25) is 0 Å². The third-order valence-corrected chi connectivity index (χ3v) is 2.14. The second kappa shape index (κ2) is 10.0. The molecule has 0 aliphatic rings. The van der Waals surface area contributed by atoms with Gasteiger partial charge in [0, 0.05) is 12.6 Å². The first-order chi connectivity index (χ1) is 6.27. The van der Waals surface area contributed by atoms with E-state index in [0.717, 1.165) is 13.0 Å². The molecule has 0 atom stereocenters. The highest BCUT2D eigenvalue weighted by Crippen LogP contribution is 2.04. The third-order valence-electron chi connectivity index (χ3n) is 2.14. The van der Waals surface area contributed by atoms with Crippen molar-refractivity contribution in [2.75, 3.05) is 13.2 Å². The molecule has 0 bridgehead atoms. The minimum Gasteiger partial charge on any atom is -0.396 e. The molecule has 13 heavy (non-hydrogen) atoms. The van der Waals surface area contributed by atoms with Gasteiger partial charge in [-0.25, -0.2) is 0 Å². The molecular formula is C11H25NO. The molecule has 0 unspecified atom stereocenters. The average molecular weight is 187 g/mol. The quantitative estimate of drug-likeness (QED) is 0.543. The van der Waals surface area contributed by atoms with Crippen LogP contribution in [0.25, 0.3) is 0 Å². The number of aliphatic hydroxyl groups excluding tert-OH is 1. The first-order valence-corrected chi connectivity index (χ1v) is 5.61. The second-order valence-electron chi connectivity index (χ2n) is 3.95. The molecule has 0 fully saturated rings. The van der Waals surface area contributed by atoms with Crippen LogP contribution in [0.3, 0.4) is 0 Å². The van der Waals surface area contributed by atoms with Gasteiger partial charge >= 0.3 is 0 Å². The lowest BCUT2D eigenvalue weighted by Crippen LogP contribution is -2.23. The van der Waals surface area contributed by atoms with Gasteiger partial charge in [0.1, 0.15) is 0 Å². The fourth-order valence-corrected chi connectivity index (χ4v) is 1.33. The maximum Gasteiger partial charge on any atom is 0.0431 e. The summed E-state index contributed by atoms with van der Waals surface area (Å²) in [7, 11) is 0. The molecular weight excluding hydrogens is 162 g/mol. The maximum atomic E-state index is 8.56. The number of rotatable bonds is 9. The molecule has 0 radical (unpaired) electrons. The van der Waals surface area contributed by atoms with E-state index in [-0.39, 0.29) is 0 Å². The van der Waals surface area contributed by atoms with Gasteiger partial charge in [-0.05, 0) is 19.4 Å². The van der Waals surface area contributed by atoms with E-state index >= 15 is 0 Å². The van der Waals surface area contributed by atoms with Crippen LogP contribution >= 0.6 is 0 Å². The van der Waals surface area contributed by atoms with Crippen LogP contribution in [0.4, 0.5) is 0 Å². The van der Waals surface area contributed by atoms with Crippen molar-refractivity contribution in [3.8, 4) is 0 Å². The lowest BCUT2D eigenvalue weighted by molar-refractivity contribution is 0.282. The van der Waals surface area contributed by atoms with Crippen molar-refractivity contribution in [3.63, 3.8) is 0 Å². The fourth-order valence-electron chi connectivity index (χ4n) is 1.33. The van der Waals surface area contributed by atoms with Crippen molar-refractivity contribution < 1.29 is 5.11 Å². The molecule has 0 heterocycles. The molecule has 0 aromatic heterocycles. The number of nitrogens with one attached hydrogen (secondary N) is 1. The van der Waals surface area contributed by atoms with Crippen molar-refractivity contribution in [3.05, 3.63) is 0 Å². The monoisotopic (exact) mass is 187 g/mol. The molecule has 2 heteroatoms. The van der Waals surface area contributed by atoms with Gasteiger partial charge in [-0.15, -0.1) is 0 Å². The van der Waals surface area contributed by atoms with Crippen LogP contribution in [0.2, 0.25) is 0 Å². The normalized spacial score (nSPS) is 11.1. The van der Waals surface area contributed by atoms with Crippen molar-refractivity contribution in [2.24, 2.45) is 0 Å². The predicted molar refractivity (Wildman–Crippen MR) is 57.9 cm³/mol. The smallest absolute Gasteiger partial charge is 0.0431 e. The molecule has 2 nitrogen and oxygen atoms in total. The standard InChI is InChI=1S/C11H25NO/c1-11(2)12-9-7-5-3-4-6-8-10-13/h11-13H,3-10H2,1-2H3. The summed E-state index contributed by atoms with van der Waals surface area (Å²) >= 11 is 0. The lowest BCUT2D eigenvalue weighted by Gasteiger charge is -2.07. The zero-order valence-electron chi connectivity index (χ0n) is 9.18. The molecule has 0 spiro atoms. The Kier molecular flexibility index (Phi) is 9.94. The SMILES string of the molecule is CC(C)NCCCCCCCCO. The zero-order valence-corrected chi connectivity index (χ0v) is 9.18. The van der Waals surface area contributed by atoms with Gasteiger partial charge in [-0.1, -0.05) is 39.5 Å². The van der Waals surface area contributed by atoms with Gasteiger partial charge < -0.3 is 10.4 Å². The van der Waals surface area contributed by atoms with Gasteiger partial charge in [-0.2, -0.15) is 0 Å². The summed E-state index contributed by atoms with van der Waals surface area (Å²) in [6, 6.07) is 0.620. The summed E-state index contributed by atoms with van der Waals surface area (Å²) in [5.74, 6) is 0. The van der Waals surface area contributed by atoms with Crippen LogP contribution in [-0.2, 0) is 0 Å². The topological polar surface area (TPSA) is 32.3 Å². The van der Waals surface area contributed by atoms with Crippen LogP contribution in [0.15, 0.2) is 0 Å². The van der Waals surface area contributed by atoms with E-state index in [1.807, 2.05) is 0 Å². The summed E-state index contributed by atoms with van der Waals surface area (Å²) in [4.78, 5) is 0. The molecule has 0 saturated carbocycles. The molecule has 0 aromatic carbocycles. The summed E-state index contributed by atoms with van der Waals surface area (Å²) in [5.41, 5.74) is 0. The van der Waals surface area contributed by atoms with Crippen LogP contribution in [0.1, 0.15) is 52.4 Å². The Bertz CT molecular complexity index is 94.1. The van der Waals surface area contributed by atoms with Gasteiger partial charge in [0.15, 0.2) is 0 Å². The fraction of sp³-hybridized carbons (Fsp3) is 1.00. The Morgan fingerprint density at radius 2 is 1.46 bits per heavy atom. The molecule has 2 N–H and O–H groups in total. The largest absolute Gasteiger partial charge is 0.396 e. The number of unbranched alkanes of at least 4 members (excludes halogenated alkanes) is 5. The Labute approximate surface area is 82.7 Å². The van der Waals surface area contributed by atoms with Crippen molar-refractivity contribution in [1.29, 1.82) is 0 Å². The summed E-state index contributed by atoms with van der Waals surface area (Å²) in [6.45, 7) is 5.87. The van der Waals surface area contributed by atoms with Crippen molar-refractivity contribution in [2.45, 2.75) is 58.4 Å². The zero-order chi connectivity index (χ0) is 9.94. The molecule has 0 amide bonds. The first kappa shape index (κ1) is 12.9. The van der Waals surface area contributed by atoms with Crippen LogP contribution in [-0.4, -0.2) is 24.3 Å². The molecule has 0 rings (SSSR count). The number of aliphatic hydroxyl groups is 1. The van der Waals surface area contributed by atoms with Crippen LogP contribution < -0.4 is 5.32 Å². The molecule has 0 aliphatic carbocycles. The number of hydrogen-bond acceptors (Lipinski definition) is 2. The Morgan fingerprint density at radius 3 is 2.00 bits per heavy atom. The van der Waals surface area contributed by atoms with Crippen molar-refractivity contribution in [1.82, 2.24) is 5.32 Å². The highest BCUT2D eigenvalue weighted by Gasteiger charge is 1.92. The Balaban J connectivity index is 2.84. The maximum absolute atomic E-state index is 8.56. The molecule has 80 valence electrons.